The Hall–Kier alpha value is -4.96. The zero-order valence-electron chi connectivity index (χ0n) is 25.4. The number of anilines is 2. The van der Waals surface area contributed by atoms with Crippen molar-refractivity contribution >= 4 is 11.6 Å². The molecule has 0 bridgehead atoms. The van der Waals surface area contributed by atoms with Gasteiger partial charge in [0.2, 0.25) is 0 Å². The summed E-state index contributed by atoms with van der Waals surface area (Å²) in [5, 5.41) is 10.1. The van der Waals surface area contributed by atoms with Gasteiger partial charge in [-0.2, -0.15) is 0 Å². The summed E-state index contributed by atoms with van der Waals surface area (Å²) in [5.74, 6) is 4.19. The molecule has 3 heterocycles. The van der Waals surface area contributed by atoms with Gasteiger partial charge < -0.3 is 40.6 Å². The van der Waals surface area contributed by atoms with Gasteiger partial charge in [-0.15, -0.1) is 0 Å². The highest BCUT2D eigenvalue weighted by Crippen LogP contribution is 2.37. The number of ether oxygens (including phenoxy) is 3. The third-order valence-corrected chi connectivity index (χ3v) is 6.64. The molecule has 0 saturated carbocycles. The number of phenolic OH excluding ortho intramolecular Hbond substituents is 1. The molecule has 0 radical (unpaired) electrons. The number of benzene rings is 2. The lowest BCUT2D eigenvalue weighted by Crippen LogP contribution is -2.28. The van der Waals surface area contributed by atoms with Crippen molar-refractivity contribution in [3.05, 3.63) is 84.3 Å². The van der Waals surface area contributed by atoms with E-state index in [2.05, 4.69) is 27.9 Å². The minimum Gasteiger partial charge on any atom is -0.507 e. The number of aromatic hydroxyl groups is 1. The van der Waals surface area contributed by atoms with E-state index < -0.39 is 0 Å². The molecule has 0 unspecified atom stereocenters. The largest absolute Gasteiger partial charge is 0.507 e. The van der Waals surface area contributed by atoms with Crippen molar-refractivity contribution in [3.8, 4) is 45.5 Å². The molecular formula is C33H40N6O4. The van der Waals surface area contributed by atoms with Gasteiger partial charge in [-0.25, -0.2) is 9.97 Å². The van der Waals surface area contributed by atoms with Crippen molar-refractivity contribution in [2.24, 2.45) is 0 Å². The van der Waals surface area contributed by atoms with Gasteiger partial charge in [0.05, 0.1) is 25.0 Å². The average molecular weight is 585 g/mol. The highest BCUT2D eigenvalue weighted by Gasteiger charge is 2.18. The number of nitrogens with zero attached hydrogens (tertiary/aromatic N) is 4. The molecule has 5 rings (SSSR count). The van der Waals surface area contributed by atoms with Gasteiger partial charge in [0.25, 0.3) is 0 Å². The predicted molar refractivity (Wildman–Crippen MR) is 171 cm³/mol. The summed E-state index contributed by atoms with van der Waals surface area (Å²) in [6.45, 7) is 4.32. The minimum atomic E-state index is 0.130. The van der Waals surface area contributed by atoms with E-state index in [1.807, 2.05) is 56.5 Å². The smallest absolute Gasteiger partial charge is 0.139 e. The molecule has 43 heavy (non-hydrogen) atoms. The molecule has 0 atom stereocenters. The number of pyridine rings is 2. The Morgan fingerprint density at radius 1 is 0.907 bits per heavy atom. The predicted octanol–water partition coefficient (Wildman–Crippen LogP) is 5.04. The lowest BCUT2D eigenvalue weighted by atomic mass is 10.0. The van der Waals surface area contributed by atoms with Crippen molar-refractivity contribution in [2.45, 2.75) is 13.3 Å². The number of phenols is 1. The van der Waals surface area contributed by atoms with Crippen LogP contribution in [0.5, 0.6) is 23.0 Å². The molecule has 10 nitrogen and oxygen atoms in total. The molecule has 2 aromatic carbocycles. The number of methoxy groups -OCH3 is 1. The number of rotatable bonds is 10. The second-order valence-corrected chi connectivity index (χ2v) is 10.4. The molecule has 4 aromatic rings. The summed E-state index contributed by atoms with van der Waals surface area (Å²) < 4.78 is 17.1. The van der Waals surface area contributed by atoms with Gasteiger partial charge in [-0.05, 0) is 68.5 Å². The molecule has 0 aliphatic carbocycles. The zero-order valence-corrected chi connectivity index (χ0v) is 25.4. The maximum atomic E-state index is 10.1. The molecule has 1 aliphatic rings. The van der Waals surface area contributed by atoms with Crippen molar-refractivity contribution in [1.29, 1.82) is 0 Å². The molecule has 10 heteroatoms. The molecule has 5 N–H and O–H groups in total. The third kappa shape index (κ3) is 8.30. The Morgan fingerprint density at radius 3 is 2.09 bits per heavy atom. The summed E-state index contributed by atoms with van der Waals surface area (Å²) in [7, 11) is 7.63. The second kappa shape index (κ2) is 14.3. The average Bonchev–Trinajstić information content (AvgIpc) is 2.96. The van der Waals surface area contributed by atoms with Gasteiger partial charge in [0.1, 0.15) is 47.0 Å². The maximum Gasteiger partial charge on any atom is 0.139 e. The Bertz CT molecular complexity index is 1570. The monoisotopic (exact) mass is 584 g/mol. The van der Waals surface area contributed by atoms with Gasteiger partial charge in [0.15, 0.2) is 0 Å². The van der Waals surface area contributed by atoms with Crippen LogP contribution in [0.2, 0.25) is 0 Å². The fraction of sp³-hybridized carbons (Fsp3) is 0.273. The fourth-order valence-electron chi connectivity index (χ4n) is 4.38. The van der Waals surface area contributed by atoms with Crippen LogP contribution in [0.25, 0.3) is 22.5 Å². The van der Waals surface area contributed by atoms with E-state index >= 15 is 0 Å². The normalized spacial score (nSPS) is 12.1. The van der Waals surface area contributed by atoms with Crippen molar-refractivity contribution in [1.82, 2.24) is 19.8 Å². The minimum absolute atomic E-state index is 0.130. The summed E-state index contributed by atoms with van der Waals surface area (Å²) >= 11 is 0. The fourth-order valence-corrected chi connectivity index (χ4v) is 4.38. The summed E-state index contributed by atoms with van der Waals surface area (Å²) in [6, 6.07) is 20.1. The first-order valence-electron chi connectivity index (χ1n) is 14.0. The Labute approximate surface area is 253 Å². The molecule has 0 saturated heterocycles. The van der Waals surface area contributed by atoms with Gasteiger partial charge in [-0.3, -0.25) is 0 Å². The highest BCUT2D eigenvalue weighted by molar-refractivity contribution is 5.71. The third-order valence-electron chi connectivity index (χ3n) is 6.64. The van der Waals surface area contributed by atoms with Crippen molar-refractivity contribution in [2.75, 3.05) is 59.4 Å². The quantitative estimate of drug-likeness (QED) is 0.233. The molecular weight excluding hydrogens is 544 g/mol. The lowest BCUT2D eigenvalue weighted by molar-refractivity contribution is 0.260. The maximum absolute atomic E-state index is 10.1. The van der Waals surface area contributed by atoms with Crippen LogP contribution in [0.4, 0.5) is 11.6 Å². The number of likely N-dealkylation sites (N-methyl/N-ethyl adjacent to an activating group) is 2. The van der Waals surface area contributed by atoms with Gasteiger partial charge in [0, 0.05) is 43.1 Å². The van der Waals surface area contributed by atoms with Crippen LogP contribution >= 0.6 is 0 Å². The molecule has 226 valence electrons. The van der Waals surface area contributed by atoms with Crippen LogP contribution < -0.4 is 25.7 Å². The number of nitrogens with two attached hydrogens (primary N) is 2. The standard InChI is InChI=1S/C18H21N3O2.C15H19N3O2/c1-4-12-8-14(15-6-5-7-18(19)20-15)17(22-3)9-16(12)23-13-10-21(2)11-13;1-18(2)8-9-20-11-6-7-12(14(19)10-11)13-4-3-5-15(16)17-13/h5-10H,4,11H2,1-3H3,(H2,19,20);3-7,10,19H,8-9H2,1-2H3,(H2,16,17). The van der Waals surface area contributed by atoms with Gasteiger partial charge in [-0.1, -0.05) is 19.1 Å². The van der Waals surface area contributed by atoms with E-state index in [1.165, 1.54) is 0 Å². The summed E-state index contributed by atoms with van der Waals surface area (Å²) in [6.07, 6.45) is 2.84. The number of hydrogen-bond donors (Lipinski definition) is 3. The van der Waals surface area contributed by atoms with Crippen LogP contribution in [0.15, 0.2) is 78.7 Å². The number of aryl methyl sites for hydroxylation is 1. The van der Waals surface area contributed by atoms with E-state index in [0.29, 0.717) is 35.2 Å². The molecule has 0 amide bonds. The lowest BCUT2D eigenvalue weighted by Gasteiger charge is -2.27. The molecule has 0 fully saturated rings. The number of nitrogen functional groups attached to an aromatic ring is 2. The second-order valence-electron chi connectivity index (χ2n) is 10.4. The van der Waals surface area contributed by atoms with Gasteiger partial charge >= 0.3 is 0 Å². The molecule has 2 aromatic heterocycles. The Morgan fingerprint density at radius 2 is 1.56 bits per heavy atom. The van der Waals surface area contributed by atoms with Crippen LogP contribution in [0.1, 0.15) is 12.5 Å². The molecule has 1 aliphatic heterocycles. The van der Waals surface area contributed by atoms with E-state index in [9.17, 15) is 5.11 Å². The topological polar surface area (TPSA) is 132 Å². The Kier molecular flexibility index (Phi) is 10.3. The first kappa shape index (κ1) is 31.0. The first-order valence-corrected chi connectivity index (χ1v) is 14.0. The SMILES string of the molecule is CCc1cc(-c2cccc(N)n2)c(OC)cc1OC1=CN(C)C1.CN(C)CCOc1ccc(-c2cccc(N)n2)c(O)c1. The first-order chi connectivity index (χ1) is 20.7. The van der Waals surface area contributed by atoms with Crippen molar-refractivity contribution < 1.29 is 19.3 Å². The van der Waals surface area contributed by atoms with Crippen molar-refractivity contribution in [3.63, 3.8) is 0 Å². The number of hydrogen-bond acceptors (Lipinski definition) is 10. The van der Waals surface area contributed by atoms with E-state index in [-0.39, 0.29) is 5.75 Å². The summed E-state index contributed by atoms with van der Waals surface area (Å²) in [5.41, 5.74) is 15.6. The Balaban J connectivity index is 0.000000199. The van der Waals surface area contributed by atoms with E-state index in [4.69, 9.17) is 25.7 Å². The summed E-state index contributed by atoms with van der Waals surface area (Å²) in [4.78, 5) is 12.7. The number of aromatic nitrogens is 2. The van der Waals surface area contributed by atoms with Crippen LogP contribution in [0, 0.1) is 0 Å². The van der Waals surface area contributed by atoms with Crippen LogP contribution in [-0.2, 0) is 6.42 Å². The highest BCUT2D eigenvalue weighted by atomic mass is 16.5. The van der Waals surface area contributed by atoms with E-state index in [0.717, 1.165) is 53.6 Å². The van der Waals surface area contributed by atoms with Crippen LogP contribution in [-0.4, -0.2) is 72.8 Å². The zero-order chi connectivity index (χ0) is 30.9. The van der Waals surface area contributed by atoms with E-state index in [1.54, 1.807) is 43.5 Å². The van der Waals surface area contributed by atoms with Crippen LogP contribution in [0.3, 0.4) is 0 Å². The molecule has 0 spiro atoms.